The lowest BCUT2D eigenvalue weighted by atomic mass is 10.1. The molecule has 188 valence electrons. The van der Waals surface area contributed by atoms with E-state index in [4.69, 9.17) is 19.2 Å². The van der Waals surface area contributed by atoms with Crippen LogP contribution >= 0.6 is 0 Å². The summed E-state index contributed by atoms with van der Waals surface area (Å²) >= 11 is 0. The summed E-state index contributed by atoms with van der Waals surface area (Å²) in [5.41, 5.74) is 4.99. The van der Waals surface area contributed by atoms with Crippen LogP contribution in [-0.2, 0) is 11.2 Å². The molecule has 0 aliphatic rings. The Morgan fingerprint density at radius 3 is 2.49 bits per heavy atom. The second-order valence-electron chi connectivity index (χ2n) is 8.33. The monoisotopic (exact) mass is 497 g/mol. The molecule has 0 aliphatic carbocycles. The lowest BCUT2D eigenvalue weighted by molar-refractivity contribution is 0.0600. The highest BCUT2D eigenvalue weighted by atomic mass is 16.5. The van der Waals surface area contributed by atoms with Crippen molar-refractivity contribution in [3.63, 3.8) is 0 Å². The van der Waals surface area contributed by atoms with Crippen molar-refractivity contribution in [1.29, 1.82) is 0 Å². The van der Waals surface area contributed by atoms with Crippen LogP contribution in [0, 0.1) is 0 Å². The van der Waals surface area contributed by atoms with E-state index in [1.165, 1.54) is 7.11 Å². The standard InChI is InChI=1S/C28H27N5O4/c1-35-23-10-4-19(16-24(23)36-2)12-13-30-27-26(20-5-8-22(9-6-20)32-15-14-29-18-32)31-25-11-7-21(17-33(25)27)28(34)37-3/h4-11,14-18,30H,12-13H2,1-3H3. The smallest absolute Gasteiger partial charge is 0.339 e. The van der Waals surface area contributed by atoms with E-state index in [0.29, 0.717) is 23.6 Å². The van der Waals surface area contributed by atoms with Gasteiger partial charge in [-0.15, -0.1) is 0 Å². The van der Waals surface area contributed by atoms with E-state index in [-0.39, 0.29) is 0 Å². The van der Waals surface area contributed by atoms with Gasteiger partial charge in [0, 0.05) is 36.4 Å². The summed E-state index contributed by atoms with van der Waals surface area (Å²) in [6.07, 6.45) is 7.89. The number of ether oxygens (including phenoxy) is 3. The van der Waals surface area contributed by atoms with E-state index < -0.39 is 5.97 Å². The molecular weight excluding hydrogens is 470 g/mol. The van der Waals surface area contributed by atoms with E-state index in [9.17, 15) is 4.79 Å². The highest BCUT2D eigenvalue weighted by molar-refractivity contribution is 5.90. The number of fused-ring (bicyclic) bond motifs is 1. The number of nitrogens with zero attached hydrogens (tertiary/aromatic N) is 4. The molecule has 0 saturated carbocycles. The summed E-state index contributed by atoms with van der Waals surface area (Å²) in [7, 11) is 4.62. The molecule has 0 spiro atoms. The first-order valence-electron chi connectivity index (χ1n) is 11.7. The molecule has 1 N–H and O–H groups in total. The number of methoxy groups -OCH3 is 3. The maximum atomic E-state index is 12.2. The molecule has 0 atom stereocenters. The molecule has 0 unspecified atom stereocenters. The molecule has 3 heterocycles. The number of benzene rings is 2. The van der Waals surface area contributed by atoms with Gasteiger partial charge in [0.25, 0.3) is 0 Å². The normalized spacial score (nSPS) is 10.9. The molecule has 3 aromatic heterocycles. The van der Waals surface area contributed by atoms with Gasteiger partial charge in [0.2, 0.25) is 0 Å². The number of pyridine rings is 1. The van der Waals surface area contributed by atoms with Gasteiger partial charge in [-0.25, -0.2) is 14.8 Å². The van der Waals surface area contributed by atoms with Crippen molar-refractivity contribution >= 4 is 17.4 Å². The topological polar surface area (TPSA) is 91.9 Å². The number of esters is 1. The van der Waals surface area contributed by atoms with Crippen molar-refractivity contribution in [2.75, 3.05) is 33.2 Å². The van der Waals surface area contributed by atoms with E-state index in [2.05, 4.69) is 10.3 Å². The third kappa shape index (κ3) is 4.84. The van der Waals surface area contributed by atoms with Crippen molar-refractivity contribution in [2.24, 2.45) is 0 Å². The maximum absolute atomic E-state index is 12.2. The van der Waals surface area contributed by atoms with Gasteiger partial charge >= 0.3 is 5.97 Å². The number of carbonyl (C=O) groups is 1. The molecule has 5 rings (SSSR count). The quantitative estimate of drug-likeness (QED) is 0.297. The lowest BCUT2D eigenvalue weighted by Gasteiger charge is -2.12. The predicted molar refractivity (Wildman–Crippen MR) is 141 cm³/mol. The summed E-state index contributed by atoms with van der Waals surface area (Å²) in [5.74, 6) is 1.77. The molecule has 2 aromatic carbocycles. The van der Waals surface area contributed by atoms with Crippen LogP contribution in [0.3, 0.4) is 0 Å². The Balaban J connectivity index is 1.47. The highest BCUT2D eigenvalue weighted by Crippen LogP contribution is 2.31. The van der Waals surface area contributed by atoms with Gasteiger partial charge < -0.3 is 24.1 Å². The summed E-state index contributed by atoms with van der Waals surface area (Å²) in [6.45, 7) is 0.631. The van der Waals surface area contributed by atoms with Gasteiger partial charge in [-0.2, -0.15) is 0 Å². The first kappa shape index (κ1) is 23.9. The first-order valence-corrected chi connectivity index (χ1v) is 11.7. The van der Waals surface area contributed by atoms with Gasteiger partial charge in [0.1, 0.15) is 17.2 Å². The molecule has 0 fully saturated rings. The molecule has 0 bridgehead atoms. The number of hydrogen-bond donors (Lipinski definition) is 1. The molecule has 0 aliphatic heterocycles. The number of imidazole rings is 2. The Hall–Kier alpha value is -4.79. The largest absolute Gasteiger partial charge is 0.493 e. The zero-order chi connectivity index (χ0) is 25.8. The van der Waals surface area contributed by atoms with E-state index in [0.717, 1.165) is 40.4 Å². The second-order valence-corrected chi connectivity index (χ2v) is 8.33. The Labute approximate surface area is 214 Å². The minimum Gasteiger partial charge on any atom is -0.493 e. The zero-order valence-electron chi connectivity index (χ0n) is 20.8. The maximum Gasteiger partial charge on any atom is 0.339 e. The number of carbonyl (C=O) groups excluding carboxylic acids is 1. The summed E-state index contributed by atoms with van der Waals surface area (Å²) in [5, 5.41) is 3.54. The van der Waals surface area contributed by atoms with Gasteiger partial charge in [0.05, 0.1) is 33.2 Å². The summed E-state index contributed by atoms with van der Waals surface area (Å²) < 4.78 is 19.5. The molecule has 0 amide bonds. The summed E-state index contributed by atoms with van der Waals surface area (Å²) in [6, 6.07) is 17.5. The van der Waals surface area contributed by atoms with Crippen LogP contribution in [0.4, 0.5) is 5.82 Å². The van der Waals surface area contributed by atoms with Crippen LogP contribution < -0.4 is 14.8 Å². The van der Waals surface area contributed by atoms with Crippen molar-refractivity contribution in [1.82, 2.24) is 18.9 Å². The fraction of sp³-hybridized carbons (Fsp3) is 0.179. The molecule has 37 heavy (non-hydrogen) atoms. The first-order chi connectivity index (χ1) is 18.1. The Bertz CT molecular complexity index is 1520. The SMILES string of the molecule is COC(=O)c1ccc2nc(-c3ccc(-n4ccnc4)cc3)c(NCCc3ccc(OC)c(OC)c3)n2c1. The van der Waals surface area contributed by atoms with Crippen LogP contribution in [0.2, 0.25) is 0 Å². The van der Waals surface area contributed by atoms with Gasteiger partial charge in [-0.1, -0.05) is 18.2 Å². The van der Waals surface area contributed by atoms with Crippen LogP contribution in [-0.4, -0.2) is 52.8 Å². The predicted octanol–water partition coefficient (Wildman–Crippen LogP) is 4.65. The molecule has 9 nitrogen and oxygen atoms in total. The fourth-order valence-electron chi connectivity index (χ4n) is 4.22. The van der Waals surface area contributed by atoms with E-state index in [1.807, 2.05) is 63.7 Å². The van der Waals surface area contributed by atoms with Gasteiger partial charge in [-0.3, -0.25) is 4.40 Å². The van der Waals surface area contributed by atoms with Crippen molar-refractivity contribution in [2.45, 2.75) is 6.42 Å². The Kier molecular flexibility index (Phi) is 6.76. The van der Waals surface area contributed by atoms with Crippen molar-refractivity contribution < 1.29 is 19.0 Å². The number of rotatable bonds is 9. The number of anilines is 1. The number of hydrogen-bond acceptors (Lipinski definition) is 7. The average molecular weight is 498 g/mol. The Morgan fingerprint density at radius 1 is 0.973 bits per heavy atom. The highest BCUT2D eigenvalue weighted by Gasteiger charge is 2.17. The minimum absolute atomic E-state index is 0.405. The molecule has 0 radical (unpaired) electrons. The molecular formula is C28H27N5O4. The second kappa shape index (κ2) is 10.4. The average Bonchev–Trinajstić information content (AvgIpc) is 3.61. The Morgan fingerprint density at radius 2 is 1.78 bits per heavy atom. The molecule has 5 aromatic rings. The third-order valence-corrected chi connectivity index (χ3v) is 6.14. The van der Waals surface area contributed by atoms with Crippen LogP contribution in [0.25, 0.3) is 22.6 Å². The van der Waals surface area contributed by atoms with Crippen molar-refractivity contribution in [3.05, 3.63) is 90.6 Å². The third-order valence-electron chi connectivity index (χ3n) is 6.14. The minimum atomic E-state index is -0.405. The number of aromatic nitrogens is 4. The van der Waals surface area contributed by atoms with Gasteiger partial charge in [0.15, 0.2) is 11.5 Å². The van der Waals surface area contributed by atoms with Gasteiger partial charge in [-0.05, 0) is 48.4 Å². The fourth-order valence-corrected chi connectivity index (χ4v) is 4.22. The van der Waals surface area contributed by atoms with Crippen molar-refractivity contribution in [3.8, 4) is 28.4 Å². The zero-order valence-corrected chi connectivity index (χ0v) is 20.8. The molecule has 9 heteroatoms. The summed E-state index contributed by atoms with van der Waals surface area (Å²) in [4.78, 5) is 21.2. The van der Waals surface area contributed by atoms with E-state index >= 15 is 0 Å². The van der Waals surface area contributed by atoms with Crippen LogP contribution in [0.15, 0.2) is 79.5 Å². The number of nitrogens with one attached hydrogen (secondary N) is 1. The van der Waals surface area contributed by atoms with E-state index in [1.54, 1.807) is 39.0 Å². The van der Waals surface area contributed by atoms with Crippen LogP contribution in [0.5, 0.6) is 11.5 Å². The lowest BCUT2D eigenvalue weighted by Crippen LogP contribution is -2.09. The molecule has 0 saturated heterocycles. The van der Waals surface area contributed by atoms with Crippen LogP contribution in [0.1, 0.15) is 15.9 Å².